The van der Waals surface area contributed by atoms with Gasteiger partial charge in [0, 0.05) is 18.5 Å². The summed E-state index contributed by atoms with van der Waals surface area (Å²) in [5.41, 5.74) is -0.0924. The third kappa shape index (κ3) is 3.89. The number of carbonyl (C=O) groups is 2. The van der Waals surface area contributed by atoms with Crippen molar-refractivity contribution in [1.29, 1.82) is 0 Å². The monoisotopic (exact) mass is 384 g/mol. The summed E-state index contributed by atoms with van der Waals surface area (Å²) in [6.07, 6.45) is 5.12. The highest BCUT2D eigenvalue weighted by Gasteiger charge is 2.62. The van der Waals surface area contributed by atoms with Gasteiger partial charge in [-0.3, -0.25) is 4.79 Å². The van der Waals surface area contributed by atoms with Crippen molar-refractivity contribution in [3.8, 4) is 0 Å². The predicted octanol–water partition coefficient (Wildman–Crippen LogP) is 4.17. The minimum absolute atomic E-state index is 0.134. The zero-order valence-electron chi connectivity index (χ0n) is 17.2. The fourth-order valence-electron chi connectivity index (χ4n) is 6.06. The first-order chi connectivity index (χ1) is 13.2. The van der Waals surface area contributed by atoms with E-state index in [0.717, 1.165) is 31.2 Å². The van der Waals surface area contributed by atoms with Gasteiger partial charge in [0.2, 0.25) is 5.91 Å². The van der Waals surface area contributed by atoms with E-state index in [9.17, 15) is 9.59 Å². The van der Waals surface area contributed by atoms with Gasteiger partial charge in [0.05, 0.1) is 5.41 Å². The van der Waals surface area contributed by atoms with Crippen LogP contribution in [0.5, 0.6) is 0 Å². The maximum absolute atomic E-state index is 13.3. The molecule has 2 amide bonds. The second kappa shape index (κ2) is 6.78. The molecule has 4 aliphatic rings. The summed E-state index contributed by atoms with van der Waals surface area (Å²) in [6, 6.07) is 10.0. The summed E-state index contributed by atoms with van der Waals surface area (Å²) in [5.74, 6) is 1.09. The van der Waals surface area contributed by atoms with Crippen molar-refractivity contribution in [3.05, 3.63) is 35.9 Å². The maximum Gasteiger partial charge on any atom is 0.408 e. The number of rotatable bonds is 4. The zero-order valence-corrected chi connectivity index (χ0v) is 17.2. The van der Waals surface area contributed by atoms with Gasteiger partial charge in [0.15, 0.2) is 0 Å². The molecule has 0 spiro atoms. The average molecular weight is 385 g/mol. The van der Waals surface area contributed by atoms with Gasteiger partial charge < -0.3 is 15.4 Å². The number of hydrogen-bond donors (Lipinski definition) is 2. The molecular formula is C23H32N2O3. The van der Waals surface area contributed by atoms with E-state index in [1.807, 2.05) is 51.1 Å². The van der Waals surface area contributed by atoms with Gasteiger partial charge in [-0.25, -0.2) is 4.79 Å². The van der Waals surface area contributed by atoms with Crippen molar-refractivity contribution in [3.63, 3.8) is 0 Å². The number of benzene rings is 1. The molecule has 4 fully saturated rings. The van der Waals surface area contributed by atoms with E-state index >= 15 is 0 Å². The molecule has 4 bridgehead atoms. The smallest absolute Gasteiger partial charge is 0.408 e. The van der Waals surface area contributed by atoms with Crippen LogP contribution in [0.15, 0.2) is 30.3 Å². The van der Waals surface area contributed by atoms with Crippen molar-refractivity contribution in [2.75, 3.05) is 0 Å². The Bertz CT molecular complexity index is 739. The van der Waals surface area contributed by atoms with Gasteiger partial charge in [-0.2, -0.15) is 0 Å². The summed E-state index contributed by atoms with van der Waals surface area (Å²) in [4.78, 5) is 25.8. The SMILES string of the molecule is CC(C)(C)NC(=O)OC12CC3CC(C1)CC(C(=O)NCc1ccccc1)(C3)C2. The Morgan fingerprint density at radius 3 is 2.32 bits per heavy atom. The van der Waals surface area contributed by atoms with Crippen LogP contribution in [-0.2, 0) is 16.1 Å². The quantitative estimate of drug-likeness (QED) is 0.819. The van der Waals surface area contributed by atoms with Crippen LogP contribution < -0.4 is 10.6 Å². The lowest BCUT2D eigenvalue weighted by molar-refractivity contribution is -0.178. The summed E-state index contributed by atoms with van der Waals surface area (Å²) >= 11 is 0. The molecule has 2 unspecified atom stereocenters. The number of hydrogen-bond acceptors (Lipinski definition) is 3. The largest absolute Gasteiger partial charge is 0.443 e. The molecule has 5 nitrogen and oxygen atoms in total. The Balaban J connectivity index is 1.47. The molecule has 0 radical (unpaired) electrons. The highest BCUT2D eigenvalue weighted by Crippen LogP contribution is 2.62. The van der Waals surface area contributed by atoms with Crippen molar-refractivity contribution in [2.45, 2.75) is 77.0 Å². The first kappa shape index (κ1) is 19.3. The Hall–Kier alpha value is -2.04. The molecule has 5 rings (SSSR count). The van der Waals surface area contributed by atoms with E-state index in [4.69, 9.17) is 4.74 Å². The van der Waals surface area contributed by atoms with Crippen molar-refractivity contribution in [2.24, 2.45) is 17.3 Å². The van der Waals surface area contributed by atoms with Crippen LogP contribution in [0.25, 0.3) is 0 Å². The molecule has 4 saturated carbocycles. The van der Waals surface area contributed by atoms with Crippen LogP contribution in [0.2, 0.25) is 0 Å². The second-order valence-electron chi connectivity index (χ2n) is 10.4. The minimum Gasteiger partial charge on any atom is -0.443 e. The molecule has 2 N–H and O–H groups in total. The van der Waals surface area contributed by atoms with E-state index < -0.39 is 5.60 Å². The zero-order chi connectivity index (χ0) is 20.0. The highest BCUT2D eigenvalue weighted by atomic mass is 16.6. The third-order valence-electron chi connectivity index (χ3n) is 6.57. The van der Waals surface area contributed by atoms with Gasteiger partial charge in [0.25, 0.3) is 0 Å². The summed E-state index contributed by atoms with van der Waals surface area (Å²) < 4.78 is 6.03. The van der Waals surface area contributed by atoms with E-state index in [1.54, 1.807) is 0 Å². The summed E-state index contributed by atoms with van der Waals surface area (Å²) in [7, 11) is 0. The van der Waals surface area contributed by atoms with Gasteiger partial charge in [-0.05, 0) is 70.3 Å². The predicted molar refractivity (Wildman–Crippen MR) is 108 cm³/mol. The van der Waals surface area contributed by atoms with Gasteiger partial charge in [-0.15, -0.1) is 0 Å². The molecule has 0 heterocycles. The molecule has 1 aromatic rings. The standard InChI is InChI=1S/C23H32N2O3/c1-21(2,3)25-20(27)28-23-12-17-9-18(13-23)11-22(10-17,15-23)19(26)24-14-16-7-5-4-6-8-16/h4-8,17-18H,9-15H2,1-3H3,(H,24,26)(H,25,27). The molecule has 0 aliphatic heterocycles. The molecule has 0 aromatic heterocycles. The Labute approximate surface area is 167 Å². The fraction of sp³-hybridized carbons (Fsp3) is 0.652. The van der Waals surface area contributed by atoms with Crippen LogP contribution >= 0.6 is 0 Å². The molecule has 28 heavy (non-hydrogen) atoms. The molecule has 5 heteroatoms. The summed E-state index contributed by atoms with van der Waals surface area (Å²) in [6.45, 7) is 6.40. The van der Waals surface area contributed by atoms with Crippen LogP contribution in [0, 0.1) is 17.3 Å². The van der Waals surface area contributed by atoms with Crippen molar-refractivity contribution < 1.29 is 14.3 Å². The lowest BCUT2D eigenvalue weighted by atomic mass is 9.47. The number of ether oxygens (including phenoxy) is 1. The Kier molecular flexibility index (Phi) is 4.67. The van der Waals surface area contributed by atoms with Crippen molar-refractivity contribution >= 4 is 12.0 Å². The van der Waals surface area contributed by atoms with E-state index in [1.165, 1.54) is 6.42 Å². The van der Waals surface area contributed by atoms with E-state index in [2.05, 4.69) is 10.6 Å². The van der Waals surface area contributed by atoms with E-state index in [-0.39, 0.29) is 23.0 Å². The highest BCUT2D eigenvalue weighted by molar-refractivity contribution is 5.83. The summed E-state index contributed by atoms with van der Waals surface area (Å²) in [5, 5.41) is 6.09. The molecule has 1 aromatic carbocycles. The topological polar surface area (TPSA) is 67.4 Å². The van der Waals surface area contributed by atoms with Gasteiger partial charge >= 0.3 is 6.09 Å². The lowest BCUT2D eigenvalue weighted by Crippen LogP contribution is -2.62. The van der Waals surface area contributed by atoms with Crippen LogP contribution in [-0.4, -0.2) is 23.1 Å². The van der Waals surface area contributed by atoms with Crippen LogP contribution in [0.1, 0.15) is 64.9 Å². The number of amides is 2. The third-order valence-corrected chi connectivity index (χ3v) is 6.57. The Morgan fingerprint density at radius 2 is 1.71 bits per heavy atom. The molecular weight excluding hydrogens is 352 g/mol. The average Bonchev–Trinajstić information content (AvgIpc) is 2.57. The second-order valence-corrected chi connectivity index (χ2v) is 10.4. The number of carbonyl (C=O) groups excluding carboxylic acids is 2. The molecule has 4 aliphatic carbocycles. The van der Waals surface area contributed by atoms with Gasteiger partial charge in [-0.1, -0.05) is 30.3 Å². The number of alkyl carbamates (subject to hydrolysis) is 1. The molecule has 152 valence electrons. The number of nitrogens with one attached hydrogen (secondary N) is 2. The van der Waals surface area contributed by atoms with Crippen molar-refractivity contribution in [1.82, 2.24) is 10.6 Å². The van der Waals surface area contributed by atoms with Crippen LogP contribution in [0.4, 0.5) is 4.79 Å². The maximum atomic E-state index is 13.3. The minimum atomic E-state index is -0.483. The normalized spacial score (nSPS) is 33.4. The van der Waals surface area contributed by atoms with Gasteiger partial charge in [0.1, 0.15) is 5.60 Å². The lowest BCUT2D eigenvalue weighted by Gasteiger charge is -2.60. The fourth-order valence-corrected chi connectivity index (χ4v) is 6.06. The Morgan fingerprint density at radius 1 is 1.07 bits per heavy atom. The molecule has 0 saturated heterocycles. The van der Waals surface area contributed by atoms with E-state index in [0.29, 0.717) is 24.8 Å². The molecule has 2 atom stereocenters. The first-order valence-corrected chi connectivity index (χ1v) is 10.5. The first-order valence-electron chi connectivity index (χ1n) is 10.5. The van der Waals surface area contributed by atoms with Crippen LogP contribution in [0.3, 0.4) is 0 Å².